The Labute approximate surface area is 71.4 Å². The lowest BCUT2D eigenvalue weighted by Crippen LogP contribution is -2.37. The fraction of sp³-hybridized carbons (Fsp3) is 0.857. The summed E-state index contributed by atoms with van der Waals surface area (Å²) in [5.41, 5.74) is 10.8. The third-order valence-electron chi connectivity index (χ3n) is 1.59. The summed E-state index contributed by atoms with van der Waals surface area (Å²) in [6.45, 7) is 1.65. The van der Waals surface area contributed by atoms with Crippen LogP contribution in [0, 0.1) is 0 Å². The van der Waals surface area contributed by atoms with Crippen LogP contribution in [0.3, 0.4) is 0 Å². The van der Waals surface area contributed by atoms with Gasteiger partial charge in [-0.1, -0.05) is 0 Å². The van der Waals surface area contributed by atoms with Crippen molar-refractivity contribution in [1.82, 2.24) is 0 Å². The van der Waals surface area contributed by atoms with Gasteiger partial charge in [0.15, 0.2) is 0 Å². The Morgan fingerprint density at radius 3 is 2.33 bits per heavy atom. The first-order valence-electron chi connectivity index (χ1n) is 3.84. The molecule has 0 heterocycles. The van der Waals surface area contributed by atoms with Crippen LogP contribution in [0.15, 0.2) is 0 Å². The molecule has 0 radical (unpaired) electrons. The van der Waals surface area contributed by atoms with Crippen molar-refractivity contribution in [2.45, 2.75) is 38.0 Å². The first-order chi connectivity index (χ1) is 5.43. The van der Waals surface area contributed by atoms with E-state index >= 15 is 0 Å². The van der Waals surface area contributed by atoms with Crippen molar-refractivity contribution < 1.29 is 15.0 Å². The van der Waals surface area contributed by atoms with Crippen LogP contribution in [-0.4, -0.2) is 34.4 Å². The van der Waals surface area contributed by atoms with Gasteiger partial charge in [-0.15, -0.1) is 0 Å². The molecular weight excluding hydrogens is 160 g/mol. The Hall–Kier alpha value is -0.650. The molecular formula is C7H16N2O3. The monoisotopic (exact) mass is 176 g/mol. The highest BCUT2D eigenvalue weighted by molar-refractivity contribution is 5.67. The van der Waals surface area contributed by atoms with Gasteiger partial charge in [0.2, 0.25) is 0 Å². The number of nitrogens with two attached hydrogens (primary N) is 2. The van der Waals surface area contributed by atoms with Gasteiger partial charge in [0.05, 0.1) is 12.5 Å². The molecule has 0 spiro atoms. The Kier molecular flexibility index (Phi) is 4.80. The summed E-state index contributed by atoms with van der Waals surface area (Å²) in [5, 5.41) is 17.6. The lowest BCUT2D eigenvalue weighted by Gasteiger charge is -2.17. The molecule has 0 unspecified atom stereocenters. The minimum Gasteiger partial charge on any atom is -0.481 e. The summed E-state index contributed by atoms with van der Waals surface area (Å²) >= 11 is 0. The van der Waals surface area contributed by atoms with Crippen LogP contribution >= 0.6 is 0 Å². The highest BCUT2D eigenvalue weighted by Crippen LogP contribution is 2.02. The van der Waals surface area contributed by atoms with Crippen molar-refractivity contribution in [2.24, 2.45) is 11.5 Å². The first kappa shape index (κ1) is 11.4. The van der Waals surface area contributed by atoms with E-state index in [1.54, 1.807) is 6.92 Å². The Morgan fingerprint density at radius 1 is 1.50 bits per heavy atom. The average Bonchev–Trinajstić information content (AvgIpc) is 1.84. The van der Waals surface area contributed by atoms with Crippen molar-refractivity contribution in [3.8, 4) is 0 Å². The quantitative estimate of drug-likeness (QED) is 0.424. The average molecular weight is 176 g/mol. The summed E-state index contributed by atoms with van der Waals surface area (Å²) in [7, 11) is 0. The summed E-state index contributed by atoms with van der Waals surface area (Å²) < 4.78 is 0. The number of carboxylic acid groups (broad SMARTS) is 1. The Bertz CT molecular complexity index is 150. The number of aliphatic hydroxyl groups excluding tert-OH is 1. The van der Waals surface area contributed by atoms with E-state index in [2.05, 4.69) is 0 Å². The van der Waals surface area contributed by atoms with Crippen molar-refractivity contribution in [1.29, 1.82) is 0 Å². The van der Waals surface area contributed by atoms with Crippen LogP contribution in [0.25, 0.3) is 0 Å². The molecule has 5 nitrogen and oxygen atoms in total. The van der Waals surface area contributed by atoms with Gasteiger partial charge in [-0.05, 0) is 13.3 Å². The van der Waals surface area contributed by atoms with Gasteiger partial charge >= 0.3 is 5.97 Å². The van der Waals surface area contributed by atoms with Crippen molar-refractivity contribution >= 4 is 5.97 Å². The second-order valence-electron chi connectivity index (χ2n) is 3.02. The normalized spacial score (nSPS) is 18.3. The maximum Gasteiger partial charge on any atom is 0.304 e. The molecule has 12 heavy (non-hydrogen) atoms. The second kappa shape index (κ2) is 5.08. The molecule has 3 atom stereocenters. The number of carbonyl (C=O) groups is 1. The lowest BCUT2D eigenvalue weighted by molar-refractivity contribution is -0.137. The van der Waals surface area contributed by atoms with Gasteiger partial charge in [-0.3, -0.25) is 4.79 Å². The smallest absolute Gasteiger partial charge is 0.304 e. The van der Waals surface area contributed by atoms with Crippen molar-refractivity contribution in [2.75, 3.05) is 0 Å². The Morgan fingerprint density at radius 2 is 2.00 bits per heavy atom. The largest absolute Gasteiger partial charge is 0.481 e. The second-order valence-corrected chi connectivity index (χ2v) is 3.02. The van der Waals surface area contributed by atoms with Crippen molar-refractivity contribution in [3.63, 3.8) is 0 Å². The zero-order valence-electron chi connectivity index (χ0n) is 7.10. The molecule has 72 valence electrons. The predicted molar refractivity (Wildman–Crippen MR) is 44.5 cm³/mol. The maximum absolute atomic E-state index is 10.2. The number of hydrogen-bond donors (Lipinski definition) is 4. The van der Waals surface area contributed by atoms with E-state index in [1.165, 1.54) is 0 Å². The Balaban J connectivity index is 3.68. The fourth-order valence-electron chi connectivity index (χ4n) is 0.832. The fourth-order valence-corrected chi connectivity index (χ4v) is 0.832. The summed E-state index contributed by atoms with van der Waals surface area (Å²) in [4.78, 5) is 10.2. The molecule has 0 saturated carbocycles. The SMILES string of the molecule is C[C@@H](N)[C@H](O)C[C@@H](N)CC(=O)O. The van der Waals surface area contributed by atoms with Gasteiger partial charge < -0.3 is 21.7 Å². The molecule has 6 N–H and O–H groups in total. The number of hydrogen-bond acceptors (Lipinski definition) is 4. The van der Waals surface area contributed by atoms with Crippen LogP contribution in [0.4, 0.5) is 0 Å². The highest BCUT2D eigenvalue weighted by Gasteiger charge is 2.16. The highest BCUT2D eigenvalue weighted by atomic mass is 16.4. The number of rotatable bonds is 5. The van der Waals surface area contributed by atoms with Gasteiger partial charge in [0.1, 0.15) is 0 Å². The van der Waals surface area contributed by atoms with Gasteiger partial charge in [-0.25, -0.2) is 0 Å². The van der Waals surface area contributed by atoms with E-state index in [9.17, 15) is 9.90 Å². The van der Waals surface area contributed by atoms with Gasteiger partial charge in [0, 0.05) is 12.1 Å². The lowest BCUT2D eigenvalue weighted by atomic mass is 10.0. The summed E-state index contributed by atoms with van der Waals surface area (Å²) in [6, 6.07) is -0.895. The zero-order chi connectivity index (χ0) is 9.72. The molecule has 0 rings (SSSR count). The predicted octanol–water partition coefficient (Wildman–Crippen LogP) is -1.11. The van der Waals surface area contributed by atoms with E-state index in [0.29, 0.717) is 0 Å². The summed E-state index contributed by atoms with van der Waals surface area (Å²) in [6.07, 6.45) is -0.632. The first-order valence-corrected chi connectivity index (χ1v) is 3.84. The van der Waals surface area contributed by atoms with Gasteiger partial charge in [-0.2, -0.15) is 0 Å². The minimum atomic E-state index is -0.959. The standard InChI is InChI=1S/C7H16N2O3/c1-4(8)6(10)2-5(9)3-7(11)12/h4-6,10H,2-3,8-9H2,1H3,(H,11,12)/t4-,5-,6-/m1/s1. The topological polar surface area (TPSA) is 110 Å². The van der Waals surface area contributed by atoms with Crippen LogP contribution in [-0.2, 0) is 4.79 Å². The van der Waals surface area contributed by atoms with E-state index in [0.717, 1.165) is 0 Å². The third-order valence-corrected chi connectivity index (χ3v) is 1.59. The van der Waals surface area contributed by atoms with E-state index in [-0.39, 0.29) is 18.9 Å². The molecule has 5 heteroatoms. The third kappa shape index (κ3) is 5.06. The van der Waals surface area contributed by atoms with E-state index < -0.39 is 18.1 Å². The van der Waals surface area contributed by atoms with Crippen LogP contribution in [0.5, 0.6) is 0 Å². The molecule has 0 saturated heterocycles. The van der Waals surface area contributed by atoms with E-state index in [4.69, 9.17) is 16.6 Å². The van der Waals surface area contributed by atoms with Crippen LogP contribution in [0.1, 0.15) is 19.8 Å². The molecule has 0 aliphatic heterocycles. The number of aliphatic carboxylic acids is 1. The molecule has 0 amide bonds. The molecule has 0 aromatic rings. The molecule has 0 aromatic carbocycles. The summed E-state index contributed by atoms with van der Waals surface area (Å²) in [5.74, 6) is -0.959. The molecule has 0 fully saturated rings. The zero-order valence-corrected chi connectivity index (χ0v) is 7.10. The van der Waals surface area contributed by atoms with Gasteiger partial charge in [0.25, 0.3) is 0 Å². The molecule has 0 aliphatic rings. The van der Waals surface area contributed by atoms with E-state index in [1.807, 2.05) is 0 Å². The maximum atomic E-state index is 10.2. The van der Waals surface area contributed by atoms with Crippen molar-refractivity contribution in [3.05, 3.63) is 0 Å². The minimum absolute atomic E-state index is 0.135. The van der Waals surface area contributed by atoms with Crippen LogP contribution in [0.2, 0.25) is 0 Å². The number of aliphatic hydroxyl groups is 1. The molecule has 0 aliphatic carbocycles. The molecule has 0 aromatic heterocycles. The van der Waals surface area contributed by atoms with Crippen LogP contribution < -0.4 is 11.5 Å². The number of carboxylic acids is 1. The molecule has 0 bridgehead atoms.